The first-order valence-electron chi connectivity index (χ1n) is 12.3. The van der Waals surface area contributed by atoms with Crippen LogP contribution in [-0.2, 0) is 20.9 Å². The summed E-state index contributed by atoms with van der Waals surface area (Å²) in [6.07, 6.45) is 1.41. The van der Waals surface area contributed by atoms with Gasteiger partial charge in [-0.15, -0.1) is 5.10 Å². The Balaban J connectivity index is 1.85. The van der Waals surface area contributed by atoms with Gasteiger partial charge in [0.25, 0.3) is 0 Å². The molecule has 13 heteroatoms. The molecule has 1 aliphatic heterocycles. The van der Waals surface area contributed by atoms with Gasteiger partial charge in [-0.3, -0.25) is 19.5 Å². The summed E-state index contributed by atoms with van der Waals surface area (Å²) in [6, 6.07) is -0.993. The van der Waals surface area contributed by atoms with Crippen molar-refractivity contribution in [2.75, 3.05) is 25.9 Å². The summed E-state index contributed by atoms with van der Waals surface area (Å²) < 4.78 is 1.79. The molecule has 0 saturated heterocycles. The smallest absolute Gasteiger partial charge is 0.243 e. The number of aromatic nitrogens is 6. The van der Waals surface area contributed by atoms with Crippen molar-refractivity contribution in [3.05, 3.63) is 17.5 Å². The number of carbonyl (C=O) groups excluding carboxylic acids is 3. The highest BCUT2D eigenvalue weighted by Gasteiger charge is 2.29. The monoisotopic (exact) mass is 519 g/mol. The van der Waals surface area contributed by atoms with Gasteiger partial charge in [0.15, 0.2) is 0 Å². The van der Waals surface area contributed by atoms with Crippen LogP contribution in [0.2, 0.25) is 0 Å². The lowest BCUT2D eigenvalue weighted by molar-refractivity contribution is -0.139. The Morgan fingerprint density at radius 3 is 2.58 bits per heavy atom. The van der Waals surface area contributed by atoms with Gasteiger partial charge in [-0.25, -0.2) is 14.6 Å². The fourth-order valence-corrected chi connectivity index (χ4v) is 4.80. The zero-order valence-electron chi connectivity index (χ0n) is 21.9. The van der Waals surface area contributed by atoms with Crippen LogP contribution in [-0.4, -0.2) is 89.4 Å². The molecule has 0 radical (unpaired) electrons. The molecule has 198 valence electrons. The Morgan fingerprint density at radius 2 is 1.92 bits per heavy atom. The van der Waals surface area contributed by atoms with Gasteiger partial charge in [0.1, 0.15) is 23.5 Å². The fourth-order valence-electron chi connectivity index (χ4n) is 4.06. The number of likely N-dealkylation sites (N-methyl/N-ethyl adjacent to an activating group) is 1. The molecule has 0 spiro atoms. The number of nitrogens with zero attached hydrogens (tertiary/aromatic N) is 7. The fraction of sp³-hybridized carbons (Fsp3) is 0.696. The van der Waals surface area contributed by atoms with Gasteiger partial charge in [0, 0.05) is 26.6 Å². The number of rotatable bonds is 5. The first-order valence-corrected chi connectivity index (χ1v) is 13.3. The molecule has 36 heavy (non-hydrogen) atoms. The van der Waals surface area contributed by atoms with Gasteiger partial charge >= 0.3 is 0 Å². The molecule has 0 bridgehead atoms. The summed E-state index contributed by atoms with van der Waals surface area (Å²) in [5.41, 5.74) is 0. The van der Waals surface area contributed by atoms with Gasteiger partial charge < -0.3 is 15.1 Å². The van der Waals surface area contributed by atoms with Crippen LogP contribution in [0.15, 0.2) is 5.16 Å². The molecule has 0 unspecified atom stereocenters. The molecule has 2 N–H and O–H groups in total. The molecule has 2 aromatic rings. The highest BCUT2D eigenvalue weighted by Crippen LogP contribution is 2.21. The number of aromatic amines is 1. The maximum absolute atomic E-state index is 13.1. The van der Waals surface area contributed by atoms with Crippen LogP contribution < -0.4 is 5.32 Å². The minimum Gasteiger partial charge on any atom is -0.344 e. The van der Waals surface area contributed by atoms with Crippen LogP contribution in [0.3, 0.4) is 0 Å². The zero-order chi connectivity index (χ0) is 26.4. The van der Waals surface area contributed by atoms with E-state index in [1.54, 1.807) is 23.6 Å². The summed E-state index contributed by atoms with van der Waals surface area (Å²) in [6.45, 7) is 10.8. The Morgan fingerprint density at radius 1 is 1.17 bits per heavy atom. The number of nitrogens with one attached hydrogen (secondary N) is 2. The molecular formula is C23H37N9O3S. The lowest BCUT2D eigenvalue weighted by atomic mass is 10.0. The van der Waals surface area contributed by atoms with Crippen molar-refractivity contribution in [2.45, 2.75) is 77.7 Å². The molecular weight excluding hydrogens is 482 g/mol. The van der Waals surface area contributed by atoms with Crippen molar-refractivity contribution < 1.29 is 14.4 Å². The molecule has 0 fully saturated rings. The molecule has 1 aliphatic rings. The largest absolute Gasteiger partial charge is 0.344 e. The number of hydrogen-bond acceptors (Lipinski definition) is 8. The van der Waals surface area contributed by atoms with E-state index >= 15 is 0 Å². The van der Waals surface area contributed by atoms with Gasteiger partial charge in [0.05, 0.1) is 18.3 Å². The highest BCUT2D eigenvalue weighted by atomic mass is 32.2. The van der Waals surface area contributed by atoms with E-state index in [1.807, 2.05) is 13.8 Å². The normalized spacial score (nSPS) is 20.3. The Kier molecular flexibility index (Phi) is 9.46. The van der Waals surface area contributed by atoms with Crippen LogP contribution in [0.1, 0.15) is 63.5 Å². The Labute approximate surface area is 216 Å². The minimum absolute atomic E-state index is 0.0610. The lowest BCUT2D eigenvalue weighted by Crippen LogP contribution is -2.48. The first kappa shape index (κ1) is 27.6. The van der Waals surface area contributed by atoms with Crippen molar-refractivity contribution >= 4 is 29.5 Å². The van der Waals surface area contributed by atoms with Crippen molar-refractivity contribution in [1.29, 1.82) is 0 Å². The van der Waals surface area contributed by atoms with Crippen LogP contribution in [0.4, 0.5) is 0 Å². The molecule has 0 aromatic carbocycles. The average molecular weight is 520 g/mol. The second kappa shape index (κ2) is 12.3. The molecule has 12 nitrogen and oxygen atoms in total. The zero-order valence-corrected chi connectivity index (χ0v) is 22.8. The summed E-state index contributed by atoms with van der Waals surface area (Å²) >= 11 is 1.27. The predicted octanol–water partition coefficient (Wildman–Crippen LogP) is 1.48. The van der Waals surface area contributed by atoms with E-state index in [1.165, 1.54) is 16.7 Å². The molecule has 3 rings (SSSR count). The number of aryl methyl sites for hydroxylation is 2. The number of fused-ring (bicyclic) bond motifs is 1. The molecule has 3 heterocycles. The topological polar surface area (TPSA) is 142 Å². The van der Waals surface area contributed by atoms with E-state index in [4.69, 9.17) is 0 Å². The van der Waals surface area contributed by atoms with Crippen LogP contribution in [0.25, 0.3) is 0 Å². The van der Waals surface area contributed by atoms with Crippen molar-refractivity contribution in [3.8, 4) is 0 Å². The Hall–Kier alpha value is -2.96. The standard InChI is InChI=1S/C23H37N9O3S/c1-14(2)12-18-21-24-17(5)29-32(21)11-10-31(20(34)13-36-23-25-16(4)27-28-23)9-7-8-19(33)30(6)15(3)22(35)26-18/h14-15,18H,7-13H2,1-6H3,(H,26,35)(H,25,27,28)/t15-,18+/m0/s1. The Bertz CT molecular complexity index is 1070. The summed E-state index contributed by atoms with van der Waals surface area (Å²) in [5.74, 6) is 2.02. The number of H-pyrrole nitrogens is 1. The maximum atomic E-state index is 13.1. The van der Waals surface area contributed by atoms with Gasteiger partial charge in [-0.1, -0.05) is 25.6 Å². The second-order valence-corrected chi connectivity index (χ2v) is 10.5. The molecule has 0 saturated carbocycles. The van der Waals surface area contributed by atoms with Gasteiger partial charge in [-0.05, 0) is 39.5 Å². The summed E-state index contributed by atoms with van der Waals surface area (Å²) in [4.78, 5) is 51.1. The van der Waals surface area contributed by atoms with E-state index in [-0.39, 0.29) is 35.9 Å². The highest BCUT2D eigenvalue weighted by molar-refractivity contribution is 7.99. The number of carbonyl (C=O) groups is 3. The van der Waals surface area contributed by atoms with Crippen LogP contribution in [0, 0.1) is 19.8 Å². The third kappa shape index (κ3) is 7.28. The molecule has 0 aliphatic carbocycles. The van der Waals surface area contributed by atoms with Crippen molar-refractivity contribution in [2.24, 2.45) is 5.92 Å². The number of amides is 3. The lowest BCUT2D eigenvalue weighted by Gasteiger charge is -2.29. The third-order valence-electron chi connectivity index (χ3n) is 6.15. The molecule has 2 atom stereocenters. The van der Waals surface area contributed by atoms with E-state index in [0.29, 0.717) is 61.0 Å². The van der Waals surface area contributed by atoms with Gasteiger partial charge in [-0.2, -0.15) is 5.10 Å². The summed E-state index contributed by atoms with van der Waals surface area (Å²) in [5, 5.41) is 15.0. The van der Waals surface area contributed by atoms with E-state index in [2.05, 4.69) is 44.4 Å². The van der Waals surface area contributed by atoms with Crippen LogP contribution in [0.5, 0.6) is 0 Å². The maximum Gasteiger partial charge on any atom is 0.243 e. The minimum atomic E-state index is -0.633. The van der Waals surface area contributed by atoms with Crippen LogP contribution >= 0.6 is 11.8 Å². The van der Waals surface area contributed by atoms with Crippen molar-refractivity contribution in [1.82, 2.24) is 45.1 Å². The quantitative estimate of drug-likeness (QED) is 0.566. The van der Waals surface area contributed by atoms with E-state index < -0.39 is 6.04 Å². The number of hydrogen-bond donors (Lipinski definition) is 2. The predicted molar refractivity (Wildman–Crippen MR) is 135 cm³/mol. The first-order chi connectivity index (χ1) is 17.0. The van der Waals surface area contributed by atoms with E-state index in [9.17, 15) is 14.4 Å². The van der Waals surface area contributed by atoms with E-state index in [0.717, 1.165) is 0 Å². The summed E-state index contributed by atoms with van der Waals surface area (Å²) in [7, 11) is 1.64. The van der Waals surface area contributed by atoms with Gasteiger partial charge in [0.2, 0.25) is 22.9 Å². The molecule has 3 amide bonds. The number of thioether (sulfide) groups is 1. The molecule has 2 aromatic heterocycles. The second-order valence-electron chi connectivity index (χ2n) is 9.59. The SMILES string of the molecule is Cc1nc2n(n1)CCN(C(=O)CSc1n[nH]c(C)n1)CCCC(=O)N(C)[C@@H](C)C(=O)N[C@@H]2CC(C)C. The third-order valence-corrected chi connectivity index (χ3v) is 6.98. The van der Waals surface area contributed by atoms with Crippen molar-refractivity contribution in [3.63, 3.8) is 0 Å². The average Bonchev–Trinajstić information content (AvgIpc) is 3.41.